The van der Waals surface area contributed by atoms with Crippen LogP contribution in [0.1, 0.15) is 36.3 Å². The molecule has 1 aromatic carbocycles. The molecule has 0 fully saturated rings. The Kier molecular flexibility index (Phi) is 6.11. The van der Waals surface area contributed by atoms with E-state index < -0.39 is 23.1 Å². The monoisotopic (exact) mass is 432 g/mol. The summed E-state index contributed by atoms with van der Waals surface area (Å²) in [4.78, 5) is 26.8. The van der Waals surface area contributed by atoms with Crippen molar-refractivity contribution in [2.45, 2.75) is 32.9 Å². The van der Waals surface area contributed by atoms with Crippen LogP contribution in [0.2, 0.25) is 0 Å². The Morgan fingerprint density at radius 3 is 2.57 bits per heavy atom. The number of carbonyl (C=O) groups excluding carboxylic acids is 2. The summed E-state index contributed by atoms with van der Waals surface area (Å²) in [5, 5.41) is 20.9. The van der Waals surface area contributed by atoms with Crippen LogP contribution in [0.4, 0.5) is 4.39 Å². The minimum atomic E-state index is -0.950. The number of hydrogen-bond donors (Lipinski definition) is 3. The van der Waals surface area contributed by atoms with Crippen LogP contribution < -0.4 is 11.1 Å². The molecule has 0 spiro atoms. The summed E-state index contributed by atoms with van der Waals surface area (Å²) >= 11 is 1.19. The van der Waals surface area contributed by atoms with Gasteiger partial charge in [-0.15, -0.1) is 10.2 Å². The Bertz CT molecular complexity index is 1040. The van der Waals surface area contributed by atoms with Crippen LogP contribution in [-0.2, 0) is 16.0 Å². The molecule has 10 heteroatoms. The molecule has 8 nitrogen and oxygen atoms in total. The number of halogens is 1. The molecule has 2 aromatic rings. The van der Waals surface area contributed by atoms with Gasteiger partial charge in [-0.25, -0.2) is 4.39 Å². The number of rotatable bonds is 6. The molecule has 2 heterocycles. The lowest BCUT2D eigenvalue weighted by Gasteiger charge is -2.34. The largest absolute Gasteiger partial charge is 0.500 e. The van der Waals surface area contributed by atoms with Gasteiger partial charge >= 0.3 is 5.91 Å². The van der Waals surface area contributed by atoms with E-state index in [9.17, 15) is 19.1 Å². The van der Waals surface area contributed by atoms with E-state index in [1.807, 2.05) is 0 Å². The second-order valence-electron chi connectivity index (χ2n) is 7.35. The Hall–Kier alpha value is -2.95. The van der Waals surface area contributed by atoms with E-state index in [4.69, 9.17) is 5.73 Å². The van der Waals surface area contributed by atoms with Crippen molar-refractivity contribution in [2.24, 2.45) is 5.73 Å². The SMILES string of the molecule is CCN(C(=O)C1=C(O)C(=O)C(c2nnc(Cc3ccc(F)cc3)s2)=C[NH2+]1)C(C)(C)N. The summed E-state index contributed by atoms with van der Waals surface area (Å²) in [6, 6.07) is 6.03. The number of ketones is 1. The molecule has 0 aliphatic carbocycles. The zero-order chi connectivity index (χ0) is 22.1. The first-order chi connectivity index (χ1) is 14.1. The fraction of sp³-hybridized carbons (Fsp3) is 0.300. The van der Waals surface area contributed by atoms with E-state index in [0.717, 1.165) is 5.56 Å². The number of quaternary nitrogens is 1. The van der Waals surface area contributed by atoms with Crippen LogP contribution in [0.3, 0.4) is 0 Å². The number of nitrogens with zero attached hydrogens (tertiary/aromatic N) is 3. The number of allylic oxidation sites excluding steroid dienone is 1. The molecule has 0 radical (unpaired) electrons. The third kappa shape index (κ3) is 4.45. The maximum Gasteiger partial charge on any atom is 0.313 e. The molecule has 0 saturated heterocycles. The molecule has 30 heavy (non-hydrogen) atoms. The van der Waals surface area contributed by atoms with Crippen LogP contribution in [0, 0.1) is 5.82 Å². The summed E-state index contributed by atoms with van der Waals surface area (Å²) in [6.07, 6.45) is 1.89. The Morgan fingerprint density at radius 2 is 1.97 bits per heavy atom. The average Bonchev–Trinajstić information content (AvgIpc) is 3.13. The Labute approximate surface area is 176 Å². The fourth-order valence-corrected chi connectivity index (χ4v) is 3.98. The second-order valence-corrected chi connectivity index (χ2v) is 8.41. The summed E-state index contributed by atoms with van der Waals surface area (Å²) < 4.78 is 13.0. The standard InChI is InChI=1S/C20H22FN5O3S/c1-4-26(20(2,3)22)19(29)15-17(28)16(27)13(10-23-15)18-25-24-14(30-18)9-11-5-7-12(21)8-6-11/h5-8,10,28H,4,9,22H2,1-3H3,(H,23,27)/p+1. The van der Waals surface area contributed by atoms with Gasteiger partial charge in [-0.2, -0.15) is 0 Å². The number of aliphatic hydroxyl groups is 1. The maximum absolute atomic E-state index is 13.0. The van der Waals surface area contributed by atoms with Gasteiger partial charge in [0, 0.05) is 13.0 Å². The molecule has 1 aliphatic heterocycles. The van der Waals surface area contributed by atoms with Crippen LogP contribution in [0.25, 0.3) is 5.57 Å². The lowest BCUT2D eigenvalue weighted by molar-refractivity contribution is -0.531. The van der Waals surface area contributed by atoms with Crippen LogP contribution in [-0.4, -0.2) is 44.1 Å². The van der Waals surface area contributed by atoms with E-state index in [1.165, 1.54) is 39.9 Å². The first-order valence-corrected chi connectivity index (χ1v) is 10.1. The van der Waals surface area contributed by atoms with Gasteiger partial charge in [0.1, 0.15) is 22.6 Å². The quantitative estimate of drug-likeness (QED) is 0.586. The van der Waals surface area contributed by atoms with Gasteiger partial charge in [-0.1, -0.05) is 23.5 Å². The summed E-state index contributed by atoms with van der Waals surface area (Å²) in [5.74, 6) is -2.19. The smallest absolute Gasteiger partial charge is 0.313 e. The Morgan fingerprint density at radius 1 is 1.30 bits per heavy atom. The predicted molar refractivity (Wildman–Crippen MR) is 109 cm³/mol. The van der Waals surface area contributed by atoms with E-state index in [-0.39, 0.29) is 17.1 Å². The van der Waals surface area contributed by atoms with Crippen molar-refractivity contribution in [3.8, 4) is 0 Å². The zero-order valence-corrected chi connectivity index (χ0v) is 17.7. The lowest BCUT2D eigenvalue weighted by atomic mass is 10.1. The van der Waals surface area contributed by atoms with E-state index in [0.29, 0.717) is 23.0 Å². The Balaban J connectivity index is 1.79. The molecular formula is C20H23FN5O3S+. The summed E-state index contributed by atoms with van der Waals surface area (Å²) in [7, 11) is 0. The second kappa shape index (κ2) is 8.42. The van der Waals surface area contributed by atoms with Gasteiger partial charge in [-0.3, -0.25) is 14.9 Å². The molecule has 0 atom stereocenters. The van der Waals surface area contributed by atoms with Gasteiger partial charge in [0.15, 0.2) is 5.01 Å². The molecule has 158 valence electrons. The molecular weight excluding hydrogens is 409 g/mol. The van der Waals surface area contributed by atoms with Gasteiger partial charge in [0.05, 0.1) is 5.66 Å². The first-order valence-electron chi connectivity index (χ1n) is 9.32. The third-order valence-electron chi connectivity index (χ3n) is 4.58. The van der Waals surface area contributed by atoms with Crippen LogP contribution >= 0.6 is 11.3 Å². The number of amides is 1. The van der Waals surface area contributed by atoms with Gasteiger partial charge in [0.25, 0.3) is 0 Å². The predicted octanol–water partition coefficient (Wildman–Crippen LogP) is 1.07. The number of likely N-dealkylation sites (N-methyl/N-ethyl adjacent to an activating group) is 1. The highest BCUT2D eigenvalue weighted by molar-refractivity contribution is 7.12. The number of nitrogens with two attached hydrogens (primary N) is 2. The van der Waals surface area contributed by atoms with Crippen molar-refractivity contribution in [1.29, 1.82) is 0 Å². The molecule has 0 unspecified atom stereocenters. The highest BCUT2D eigenvalue weighted by Crippen LogP contribution is 2.25. The molecule has 0 bridgehead atoms. The van der Waals surface area contributed by atoms with Crippen LogP contribution in [0.5, 0.6) is 0 Å². The van der Waals surface area contributed by atoms with Gasteiger partial charge in [0.2, 0.25) is 17.2 Å². The molecule has 0 saturated carbocycles. The molecule has 1 aliphatic rings. The van der Waals surface area contributed by atoms with Crippen molar-refractivity contribution in [3.05, 3.63) is 63.3 Å². The molecule has 5 N–H and O–H groups in total. The van der Waals surface area contributed by atoms with Crippen molar-refractivity contribution in [2.75, 3.05) is 6.54 Å². The van der Waals surface area contributed by atoms with E-state index >= 15 is 0 Å². The number of carbonyl (C=O) groups is 2. The first kappa shape index (κ1) is 21.8. The third-order valence-corrected chi connectivity index (χ3v) is 5.54. The normalized spacial score (nSPS) is 14.7. The van der Waals surface area contributed by atoms with Crippen molar-refractivity contribution >= 4 is 28.6 Å². The van der Waals surface area contributed by atoms with E-state index in [1.54, 1.807) is 32.9 Å². The lowest BCUT2D eigenvalue weighted by Crippen LogP contribution is -2.81. The average molecular weight is 433 g/mol. The van der Waals surface area contributed by atoms with Crippen molar-refractivity contribution in [3.63, 3.8) is 0 Å². The zero-order valence-electron chi connectivity index (χ0n) is 16.8. The van der Waals surface area contributed by atoms with Crippen LogP contribution in [0.15, 0.2) is 41.9 Å². The van der Waals surface area contributed by atoms with Crippen molar-refractivity contribution in [1.82, 2.24) is 15.1 Å². The van der Waals surface area contributed by atoms with Gasteiger partial charge < -0.3 is 15.7 Å². The fourth-order valence-electron chi connectivity index (χ4n) is 3.08. The molecule has 1 amide bonds. The highest BCUT2D eigenvalue weighted by Gasteiger charge is 2.38. The topological polar surface area (TPSA) is 126 Å². The number of aromatic nitrogens is 2. The number of benzene rings is 1. The minimum Gasteiger partial charge on any atom is -0.500 e. The summed E-state index contributed by atoms with van der Waals surface area (Å²) in [5.41, 5.74) is 5.97. The van der Waals surface area contributed by atoms with Gasteiger partial charge in [-0.05, 0) is 38.5 Å². The number of Topliss-reactive ketones (excluding diaryl/α,β-unsaturated/α-hetero) is 1. The maximum atomic E-state index is 13.0. The van der Waals surface area contributed by atoms with E-state index in [2.05, 4.69) is 10.2 Å². The molecule has 1 aromatic heterocycles. The van der Waals surface area contributed by atoms with Crippen molar-refractivity contribution < 1.29 is 24.4 Å². The number of hydrogen-bond acceptors (Lipinski definition) is 7. The summed E-state index contributed by atoms with van der Waals surface area (Å²) in [6.45, 7) is 5.42. The molecule has 3 rings (SSSR count). The minimum absolute atomic E-state index is 0.111. The highest BCUT2D eigenvalue weighted by atomic mass is 32.1. The number of aliphatic hydroxyl groups excluding tert-OH is 1.